The van der Waals surface area contributed by atoms with E-state index in [1.807, 2.05) is 20.8 Å². The summed E-state index contributed by atoms with van der Waals surface area (Å²) in [6.45, 7) is 10.7. The number of nitrogens with zero attached hydrogens (tertiary/aromatic N) is 2. The summed E-state index contributed by atoms with van der Waals surface area (Å²) < 4.78 is 33.5. The molecular weight excluding hydrogens is 466 g/mol. The number of fused-ring (bicyclic) bond motifs is 1. The maximum atomic E-state index is 14.0. The van der Waals surface area contributed by atoms with Crippen molar-refractivity contribution in [2.24, 2.45) is 5.41 Å². The van der Waals surface area contributed by atoms with Crippen molar-refractivity contribution >= 4 is 12.4 Å². The summed E-state index contributed by atoms with van der Waals surface area (Å²) in [7, 11) is 0. The van der Waals surface area contributed by atoms with Gasteiger partial charge in [-0.3, -0.25) is 9.78 Å². The molecule has 1 aromatic rings. The van der Waals surface area contributed by atoms with Crippen LogP contribution in [0.3, 0.4) is 0 Å². The molecule has 2 heterocycles. The van der Waals surface area contributed by atoms with Crippen LogP contribution in [0.5, 0.6) is 0 Å². The Kier molecular flexibility index (Phi) is 7.23. The zero-order valence-electron chi connectivity index (χ0n) is 22.2. The van der Waals surface area contributed by atoms with E-state index in [-0.39, 0.29) is 49.0 Å². The number of hydrogen-bond donors (Lipinski definition) is 1. The van der Waals surface area contributed by atoms with Gasteiger partial charge >= 0.3 is 6.09 Å². The van der Waals surface area contributed by atoms with Crippen molar-refractivity contribution in [3.05, 3.63) is 28.1 Å². The summed E-state index contributed by atoms with van der Waals surface area (Å²) in [5.74, 6) is -2.90. The van der Waals surface area contributed by atoms with Crippen LogP contribution < -0.4 is 0 Å². The second-order valence-corrected chi connectivity index (χ2v) is 12.7. The Labute approximate surface area is 212 Å². The van der Waals surface area contributed by atoms with Crippen LogP contribution in [0.15, 0.2) is 0 Å². The summed E-state index contributed by atoms with van der Waals surface area (Å²) in [6, 6.07) is 0. The molecule has 6 nitrogen and oxygen atoms in total. The fourth-order valence-corrected chi connectivity index (χ4v) is 6.23. The van der Waals surface area contributed by atoms with Gasteiger partial charge in [0.05, 0.1) is 11.8 Å². The number of carbonyl (C=O) groups excluding carboxylic acids is 2. The number of ether oxygens (including phenoxy) is 1. The summed E-state index contributed by atoms with van der Waals surface area (Å²) in [4.78, 5) is 31.8. The third kappa shape index (κ3) is 5.74. The first-order valence-corrected chi connectivity index (χ1v) is 13.3. The second-order valence-electron chi connectivity index (χ2n) is 12.7. The molecule has 2 aliphatic carbocycles. The second kappa shape index (κ2) is 9.66. The number of carbonyl (C=O) groups is 2. The molecule has 0 aromatic carbocycles. The predicted octanol–water partition coefficient (Wildman–Crippen LogP) is 6.31. The van der Waals surface area contributed by atoms with E-state index in [1.165, 1.54) is 0 Å². The molecule has 8 heteroatoms. The van der Waals surface area contributed by atoms with E-state index >= 15 is 0 Å². The highest BCUT2D eigenvalue weighted by Crippen LogP contribution is 2.49. The van der Waals surface area contributed by atoms with Gasteiger partial charge < -0.3 is 14.7 Å². The monoisotopic (exact) mass is 506 g/mol. The first-order chi connectivity index (χ1) is 16.7. The molecule has 1 N–H and O–H groups in total. The number of aldehydes is 1. The molecule has 4 rings (SSSR count). The molecule has 1 aliphatic heterocycles. The van der Waals surface area contributed by atoms with Gasteiger partial charge in [0.1, 0.15) is 5.60 Å². The number of alkyl halides is 2. The lowest BCUT2D eigenvalue weighted by Crippen LogP contribution is -2.41. The number of pyridine rings is 1. The summed E-state index contributed by atoms with van der Waals surface area (Å²) >= 11 is 0. The van der Waals surface area contributed by atoms with Gasteiger partial charge in [0.25, 0.3) is 0 Å². The molecule has 1 aromatic heterocycles. The smallest absolute Gasteiger partial charge is 0.410 e. The van der Waals surface area contributed by atoms with E-state index < -0.39 is 17.6 Å². The van der Waals surface area contributed by atoms with Gasteiger partial charge in [0, 0.05) is 48.7 Å². The zero-order chi connectivity index (χ0) is 26.5. The average molecular weight is 507 g/mol. The molecule has 0 spiro atoms. The molecule has 3 aliphatic rings. The van der Waals surface area contributed by atoms with Gasteiger partial charge in [-0.05, 0) is 76.2 Å². The quantitative estimate of drug-likeness (QED) is 0.486. The Morgan fingerprint density at radius 3 is 2.25 bits per heavy atom. The van der Waals surface area contributed by atoms with Crippen molar-refractivity contribution in [3.8, 4) is 0 Å². The third-order valence-corrected chi connectivity index (χ3v) is 7.92. The lowest BCUT2D eigenvalue weighted by Gasteiger charge is -2.40. The first kappa shape index (κ1) is 27.0. The largest absolute Gasteiger partial charge is 0.444 e. The van der Waals surface area contributed by atoms with Gasteiger partial charge in [-0.2, -0.15) is 0 Å². The number of aromatic nitrogens is 1. The molecule has 36 heavy (non-hydrogen) atoms. The van der Waals surface area contributed by atoms with E-state index in [0.29, 0.717) is 55.6 Å². The lowest BCUT2D eigenvalue weighted by atomic mass is 9.69. The molecule has 2 fully saturated rings. The number of aliphatic hydroxyl groups excluding tert-OH is 1. The fraction of sp³-hybridized carbons (Fsp3) is 0.750. The average Bonchev–Trinajstić information content (AvgIpc) is 2.76. The molecule has 0 radical (unpaired) electrons. The predicted molar refractivity (Wildman–Crippen MR) is 133 cm³/mol. The van der Waals surface area contributed by atoms with E-state index in [0.717, 1.165) is 17.5 Å². The Balaban J connectivity index is 1.69. The number of halogens is 2. The topological polar surface area (TPSA) is 79.7 Å². The van der Waals surface area contributed by atoms with Crippen LogP contribution in [0.2, 0.25) is 0 Å². The van der Waals surface area contributed by atoms with Gasteiger partial charge in [-0.1, -0.05) is 13.8 Å². The van der Waals surface area contributed by atoms with Gasteiger partial charge in [0.2, 0.25) is 5.92 Å². The normalized spacial score (nSPS) is 24.8. The standard InChI is InChI=1S/C28H40F2N2O4/c1-26(2,3)36-25(35)32-12-8-18(9-13-32)24-19(16-33)22(17-6-10-28(29,30)11-7-17)23-20(31-24)14-27(4,5)15-21(23)34/h16-18,21,34H,6-15H2,1-5H3. The third-order valence-electron chi connectivity index (χ3n) is 7.92. The van der Waals surface area contributed by atoms with Gasteiger partial charge in [-0.25, -0.2) is 13.6 Å². The molecule has 200 valence electrons. The molecule has 1 unspecified atom stereocenters. The van der Waals surface area contributed by atoms with Crippen LogP contribution >= 0.6 is 0 Å². The highest BCUT2D eigenvalue weighted by molar-refractivity contribution is 5.81. The van der Waals surface area contributed by atoms with Gasteiger partial charge in [0.15, 0.2) is 6.29 Å². The van der Waals surface area contributed by atoms with E-state index in [9.17, 15) is 23.5 Å². The van der Waals surface area contributed by atoms with Crippen molar-refractivity contribution in [1.29, 1.82) is 0 Å². The van der Waals surface area contributed by atoms with Crippen molar-refractivity contribution in [2.75, 3.05) is 13.1 Å². The van der Waals surface area contributed by atoms with Crippen molar-refractivity contribution in [3.63, 3.8) is 0 Å². The van der Waals surface area contributed by atoms with Crippen molar-refractivity contribution < 1.29 is 28.2 Å². The van der Waals surface area contributed by atoms with Crippen LogP contribution in [0, 0.1) is 5.41 Å². The fourth-order valence-electron chi connectivity index (χ4n) is 6.23. The van der Waals surface area contributed by atoms with E-state index in [4.69, 9.17) is 9.72 Å². The van der Waals surface area contributed by atoms with E-state index in [2.05, 4.69) is 13.8 Å². The Morgan fingerprint density at radius 1 is 1.08 bits per heavy atom. The van der Waals surface area contributed by atoms with Crippen molar-refractivity contribution in [1.82, 2.24) is 9.88 Å². The summed E-state index contributed by atoms with van der Waals surface area (Å²) in [5, 5.41) is 11.2. The van der Waals surface area contributed by atoms with Crippen LogP contribution in [-0.2, 0) is 11.2 Å². The molecule has 1 atom stereocenters. The first-order valence-electron chi connectivity index (χ1n) is 13.3. The molecular formula is C28H40F2N2O4. The minimum absolute atomic E-state index is 0.0276. The molecule has 1 saturated carbocycles. The Hall–Kier alpha value is -2.09. The van der Waals surface area contributed by atoms with Crippen molar-refractivity contribution in [2.45, 2.75) is 115 Å². The SMILES string of the molecule is CC1(C)Cc2nc(C3CCN(C(=O)OC(C)(C)C)CC3)c(C=O)c(C3CCC(F)(F)CC3)c2C(O)C1. The maximum absolute atomic E-state index is 14.0. The maximum Gasteiger partial charge on any atom is 0.410 e. The molecule has 0 bridgehead atoms. The number of piperidine rings is 1. The number of aliphatic hydroxyl groups is 1. The number of hydrogen-bond acceptors (Lipinski definition) is 5. The van der Waals surface area contributed by atoms with Crippen LogP contribution in [0.25, 0.3) is 0 Å². The summed E-state index contributed by atoms with van der Waals surface area (Å²) in [6.07, 6.45) is 2.35. The molecule has 1 amide bonds. The highest BCUT2D eigenvalue weighted by atomic mass is 19.3. The Morgan fingerprint density at radius 2 is 1.69 bits per heavy atom. The number of likely N-dealkylation sites (tertiary alicyclic amines) is 1. The number of amides is 1. The van der Waals surface area contributed by atoms with Crippen LogP contribution in [0.4, 0.5) is 13.6 Å². The highest BCUT2D eigenvalue weighted by Gasteiger charge is 2.42. The van der Waals surface area contributed by atoms with Crippen LogP contribution in [-0.4, -0.2) is 52.0 Å². The molecule has 1 saturated heterocycles. The number of rotatable bonds is 3. The minimum Gasteiger partial charge on any atom is -0.444 e. The Bertz CT molecular complexity index is 1000. The van der Waals surface area contributed by atoms with E-state index in [1.54, 1.807) is 4.90 Å². The zero-order valence-corrected chi connectivity index (χ0v) is 22.2. The lowest BCUT2D eigenvalue weighted by molar-refractivity contribution is -0.0385. The van der Waals surface area contributed by atoms with Gasteiger partial charge in [-0.15, -0.1) is 0 Å². The minimum atomic E-state index is -2.68. The van der Waals surface area contributed by atoms with Crippen LogP contribution in [0.1, 0.15) is 130 Å². The summed E-state index contributed by atoms with van der Waals surface area (Å²) in [5.41, 5.74) is 2.68.